The first kappa shape index (κ1) is 32.1. The lowest BCUT2D eigenvalue weighted by atomic mass is 9.93. The lowest BCUT2D eigenvalue weighted by Gasteiger charge is -2.32. The molecule has 0 saturated carbocycles. The van der Waals surface area contributed by atoms with E-state index in [-0.39, 0.29) is 18.4 Å². The van der Waals surface area contributed by atoms with Gasteiger partial charge in [-0.25, -0.2) is 4.99 Å². The largest absolute Gasteiger partial charge is 0.460 e. The van der Waals surface area contributed by atoms with Gasteiger partial charge >= 0.3 is 0 Å². The Kier molecular flexibility index (Phi) is 7.16. The summed E-state index contributed by atoms with van der Waals surface area (Å²) in [7, 11) is 0. The van der Waals surface area contributed by atoms with Crippen molar-refractivity contribution in [3.05, 3.63) is 198 Å². The highest BCUT2D eigenvalue weighted by Gasteiger charge is 2.29. The molecule has 12 rings (SSSR count). The van der Waals surface area contributed by atoms with Crippen molar-refractivity contribution in [2.45, 2.75) is 24.8 Å². The van der Waals surface area contributed by atoms with Crippen LogP contribution >= 0.6 is 0 Å². The third-order valence-corrected chi connectivity index (χ3v) is 11.8. The van der Waals surface area contributed by atoms with E-state index in [0.717, 1.165) is 84.3 Å². The van der Waals surface area contributed by atoms with Crippen molar-refractivity contribution in [3.63, 3.8) is 0 Å². The predicted octanol–water partition coefficient (Wildman–Crippen LogP) is 12.3. The number of rotatable bonds is 5. The molecule has 6 nitrogen and oxygen atoms in total. The third kappa shape index (κ3) is 5.04. The molecule has 0 amide bonds. The number of allylic oxidation sites excluding steroid dienone is 1. The Morgan fingerprint density at radius 2 is 1.14 bits per heavy atom. The summed E-state index contributed by atoms with van der Waals surface area (Å²) in [6, 6.07) is 57.6. The molecule has 57 heavy (non-hydrogen) atoms. The van der Waals surface area contributed by atoms with Gasteiger partial charge in [-0.3, -0.25) is 5.32 Å². The third-order valence-electron chi connectivity index (χ3n) is 11.8. The van der Waals surface area contributed by atoms with Crippen LogP contribution in [0, 0.1) is 0 Å². The van der Waals surface area contributed by atoms with E-state index in [0.29, 0.717) is 0 Å². The fraction of sp³-hybridized carbons (Fsp3) is 0.0784. The van der Waals surface area contributed by atoms with Gasteiger partial charge in [0.2, 0.25) is 0 Å². The molecule has 1 aliphatic carbocycles. The van der Waals surface area contributed by atoms with Crippen molar-refractivity contribution >= 4 is 66.6 Å². The van der Waals surface area contributed by atoms with Crippen molar-refractivity contribution in [2.24, 2.45) is 4.99 Å². The Balaban J connectivity index is 0.979. The topological polar surface area (TPSA) is 67.6 Å². The van der Waals surface area contributed by atoms with E-state index in [9.17, 15) is 0 Å². The van der Waals surface area contributed by atoms with E-state index >= 15 is 0 Å². The Labute approximate surface area is 328 Å². The molecule has 1 aliphatic heterocycles. The fourth-order valence-electron chi connectivity index (χ4n) is 9.26. The SMILES string of the molecule is C1=CC(n2c3ccccc3c3ccccc32)Cc2oc3cccc(-c4cccc5c4oc4c(C6=NC(c7ccccc7)NC(c7ccccc7)N6)cccc45)c3c21. The van der Waals surface area contributed by atoms with Crippen LogP contribution in [0.1, 0.15) is 46.4 Å². The molecule has 3 aromatic heterocycles. The van der Waals surface area contributed by atoms with Gasteiger partial charge in [-0.15, -0.1) is 0 Å². The molecule has 272 valence electrons. The van der Waals surface area contributed by atoms with Crippen molar-refractivity contribution < 1.29 is 8.83 Å². The molecule has 10 aromatic rings. The molecule has 2 N–H and O–H groups in total. The van der Waals surface area contributed by atoms with Gasteiger partial charge in [-0.05, 0) is 41.0 Å². The maximum Gasteiger partial charge on any atom is 0.146 e. The first-order valence-electron chi connectivity index (χ1n) is 19.6. The zero-order valence-corrected chi connectivity index (χ0v) is 30.9. The molecule has 3 unspecified atom stereocenters. The Morgan fingerprint density at radius 1 is 0.544 bits per heavy atom. The smallest absolute Gasteiger partial charge is 0.146 e. The van der Waals surface area contributed by atoms with Crippen LogP contribution in [-0.2, 0) is 6.42 Å². The molecule has 6 heteroatoms. The van der Waals surface area contributed by atoms with Crippen LogP contribution in [0.3, 0.4) is 0 Å². The number of hydrogen-bond donors (Lipinski definition) is 2. The quantitative estimate of drug-likeness (QED) is 0.185. The van der Waals surface area contributed by atoms with Gasteiger partial charge in [-0.2, -0.15) is 0 Å². The predicted molar refractivity (Wildman–Crippen MR) is 231 cm³/mol. The van der Waals surface area contributed by atoms with Gasteiger partial charge in [0.25, 0.3) is 0 Å². The van der Waals surface area contributed by atoms with Gasteiger partial charge in [0.1, 0.15) is 40.7 Å². The van der Waals surface area contributed by atoms with Crippen LogP contribution in [-0.4, -0.2) is 10.4 Å². The second-order valence-electron chi connectivity index (χ2n) is 15.1. The maximum absolute atomic E-state index is 7.03. The Hall–Kier alpha value is -7.15. The number of hydrogen-bond acceptors (Lipinski definition) is 5. The highest BCUT2D eigenvalue weighted by Crippen LogP contribution is 2.45. The number of amidine groups is 1. The second kappa shape index (κ2) is 12.7. The van der Waals surface area contributed by atoms with E-state index in [1.54, 1.807) is 0 Å². The van der Waals surface area contributed by atoms with Gasteiger partial charge < -0.3 is 18.7 Å². The average Bonchev–Trinajstić information content (AvgIpc) is 3.96. The summed E-state index contributed by atoms with van der Waals surface area (Å²) in [6.45, 7) is 0. The Morgan fingerprint density at radius 3 is 1.88 bits per heavy atom. The first-order valence-corrected chi connectivity index (χ1v) is 19.6. The van der Waals surface area contributed by atoms with Crippen molar-refractivity contribution in [2.75, 3.05) is 0 Å². The van der Waals surface area contributed by atoms with E-state index in [2.05, 4.69) is 179 Å². The van der Waals surface area contributed by atoms with E-state index in [1.165, 1.54) is 21.8 Å². The van der Waals surface area contributed by atoms with Crippen LogP contribution in [0.4, 0.5) is 0 Å². The number of nitrogens with one attached hydrogen (secondary N) is 2. The summed E-state index contributed by atoms with van der Waals surface area (Å²) in [6.07, 6.45) is 4.99. The van der Waals surface area contributed by atoms with E-state index < -0.39 is 0 Å². The van der Waals surface area contributed by atoms with Crippen LogP contribution in [0.2, 0.25) is 0 Å². The number of nitrogens with zero attached hydrogens (tertiary/aromatic N) is 2. The molecule has 3 atom stereocenters. The maximum atomic E-state index is 7.03. The molecule has 0 radical (unpaired) electrons. The number of benzene rings is 7. The minimum absolute atomic E-state index is 0.123. The standard InChI is InChI=1S/C51H36N4O2/c1-3-14-31(15-4-1)49-52-50(32-16-5-2-6-17-32)54-51(53-49)41-24-12-23-39-38-22-11-21-37(47(38)57-48(39)41)36-20-13-27-44-46(36)40-29-28-33(30-45(40)56-44)55-42-25-9-7-18-34(42)35-19-8-10-26-43(35)55/h1-29,33,49-50,52H,30H2,(H,53,54). The van der Waals surface area contributed by atoms with Crippen LogP contribution < -0.4 is 10.6 Å². The highest BCUT2D eigenvalue weighted by molar-refractivity contribution is 6.18. The molecule has 0 fully saturated rings. The molecule has 2 aliphatic rings. The monoisotopic (exact) mass is 736 g/mol. The lowest BCUT2D eigenvalue weighted by Crippen LogP contribution is -2.45. The van der Waals surface area contributed by atoms with Crippen LogP contribution in [0.5, 0.6) is 0 Å². The van der Waals surface area contributed by atoms with Gasteiger partial charge in [0, 0.05) is 55.5 Å². The van der Waals surface area contributed by atoms with Crippen LogP contribution in [0.25, 0.3) is 71.9 Å². The molecule has 7 aromatic carbocycles. The van der Waals surface area contributed by atoms with E-state index in [1.807, 2.05) is 12.1 Å². The summed E-state index contributed by atoms with van der Waals surface area (Å²) in [5.74, 6) is 1.79. The minimum atomic E-state index is -0.240. The second-order valence-corrected chi connectivity index (χ2v) is 15.1. The summed E-state index contributed by atoms with van der Waals surface area (Å²) in [4.78, 5) is 5.25. The minimum Gasteiger partial charge on any atom is -0.460 e. The highest BCUT2D eigenvalue weighted by atomic mass is 16.3. The number of aromatic nitrogens is 1. The van der Waals surface area contributed by atoms with Gasteiger partial charge in [0.05, 0.1) is 11.6 Å². The average molecular weight is 737 g/mol. The normalized spacial score (nSPS) is 18.0. The van der Waals surface area contributed by atoms with Gasteiger partial charge in [0.15, 0.2) is 0 Å². The summed E-state index contributed by atoms with van der Waals surface area (Å²) >= 11 is 0. The fourth-order valence-corrected chi connectivity index (χ4v) is 9.26. The summed E-state index contributed by atoms with van der Waals surface area (Å²) < 4.78 is 16.2. The lowest BCUT2D eigenvalue weighted by molar-refractivity contribution is 0.409. The zero-order valence-electron chi connectivity index (χ0n) is 30.9. The molecule has 4 heterocycles. The molecule has 0 spiro atoms. The van der Waals surface area contributed by atoms with Crippen LogP contribution in [0.15, 0.2) is 184 Å². The summed E-state index contributed by atoms with van der Waals surface area (Å²) in [5, 5.41) is 13.2. The van der Waals surface area contributed by atoms with Crippen molar-refractivity contribution in [1.82, 2.24) is 15.2 Å². The number of aliphatic imine (C=N–C) groups is 1. The number of furan rings is 2. The molecular weight excluding hydrogens is 701 g/mol. The van der Waals surface area contributed by atoms with Crippen molar-refractivity contribution in [1.29, 1.82) is 0 Å². The van der Waals surface area contributed by atoms with Gasteiger partial charge in [-0.1, -0.05) is 152 Å². The summed E-state index contributed by atoms with van der Waals surface area (Å²) in [5.41, 5.74) is 11.4. The molecular formula is C51H36N4O2. The first-order chi connectivity index (χ1) is 28.3. The number of para-hydroxylation sites is 4. The van der Waals surface area contributed by atoms with Crippen molar-refractivity contribution in [3.8, 4) is 11.1 Å². The number of fused-ring (bicyclic) bond motifs is 9. The van der Waals surface area contributed by atoms with E-state index in [4.69, 9.17) is 13.8 Å². The molecule has 0 saturated heterocycles. The molecule has 0 bridgehead atoms. The Bertz CT molecular complexity index is 3190. The zero-order chi connectivity index (χ0) is 37.5.